The van der Waals surface area contributed by atoms with Crippen molar-refractivity contribution >= 4 is 15.0 Å². The van der Waals surface area contributed by atoms with E-state index < -0.39 is 12.2 Å². The zero-order valence-electron chi connectivity index (χ0n) is 12.6. The third-order valence-electron chi connectivity index (χ3n) is 3.78. The molecular weight excluding hydrogens is 359 g/mol. The molecule has 1 saturated heterocycles. The molecule has 0 aliphatic carbocycles. The molecule has 4 nitrogen and oxygen atoms in total. The molecule has 0 radical (unpaired) electrons. The monoisotopic (exact) mass is 380 g/mol. The zero-order valence-corrected chi connectivity index (χ0v) is 14.3. The van der Waals surface area contributed by atoms with Crippen molar-refractivity contribution in [2.45, 2.75) is 21.8 Å². The molecule has 0 unspecified atom stereocenters. The SMILES string of the molecule is O[C@H]1[C@H](O)[C@H](COc2ccccc2)[Se][C@H]1COc1ccccc1. The van der Waals surface area contributed by atoms with E-state index >= 15 is 0 Å². The van der Waals surface area contributed by atoms with Gasteiger partial charge in [0.15, 0.2) is 0 Å². The van der Waals surface area contributed by atoms with Gasteiger partial charge >= 0.3 is 142 Å². The predicted molar refractivity (Wildman–Crippen MR) is 89.1 cm³/mol. The third kappa shape index (κ3) is 4.27. The van der Waals surface area contributed by atoms with Crippen molar-refractivity contribution in [2.75, 3.05) is 13.2 Å². The van der Waals surface area contributed by atoms with Gasteiger partial charge < -0.3 is 0 Å². The van der Waals surface area contributed by atoms with Crippen LogP contribution in [-0.2, 0) is 0 Å². The summed E-state index contributed by atoms with van der Waals surface area (Å²) in [6, 6.07) is 19.1. The molecule has 2 N–H and O–H groups in total. The average Bonchev–Trinajstić information content (AvgIpc) is 2.88. The van der Waals surface area contributed by atoms with Crippen LogP contribution in [0.2, 0.25) is 9.63 Å². The van der Waals surface area contributed by atoms with Gasteiger partial charge in [-0.3, -0.25) is 0 Å². The summed E-state index contributed by atoms with van der Waals surface area (Å²) in [7, 11) is 0. The molecule has 5 heteroatoms. The maximum absolute atomic E-state index is 10.2. The van der Waals surface area contributed by atoms with Crippen LogP contribution in [0, 0.1) is 0 Å². The molecule has 2 aromatic rings. The number of benzene rings is 2. The van der Waals surface area contributed by atoms with E-state index in [0.29, 0.717) is 13.2 Å². The number of ether oxygens (including phenoxy) is 2. The molecule has 3 rings (SSSR count). The Morgan fingerprint density at radius 3 is 1.48 bits per heavy atom. The fourth-order valence-electron chi connectivity index (χ4n) is 2.49. The minimum atomic E-state index is -0.747. The van der Waals surface area contributed by atoms with Gasteiger partial charge in [-0.1, -0.05) is 0 Å². The van der Waals surface area contributed by atoms with Gasteiger partial charge in [0.2, 0.25) is 0 Å². The molecule has 1 aliphatic heterocycles. The molecular formula is C18H20O4Se. The topological polar surface area (TPSA) is 58.9 Å². The summed E-state index contributed by atoms with van der Waals surface area (Å²) in [6.07, 6.45) is -1.49. The van der Waals surface area contributed by atoms with Crippen molar-refractivity contribution < 1.29 is 19.7 Å². The van der Waals surface area contributed by atoms with E-state index in [1.54, 1.807) is 0 Å². The van der Waals surface area contributed by atoms with Gasteiger partial charge in [-0.15, -0.1) is 0 Å². The Morgan fingerprint density at radius 1 is 0.696 bits per heavy atom. The molecule has 1 heterocycles. The Balaban J connectivity index is 1.51. The first kappa shape index (κ1) is 16.3. The number of aliphatic hydroxyl groups excluding tert-OH is 2. The molecule has 1 aliphatic rings. The van der Waals surface area contributed by atoms with Crippen LogP contribution in [0.5, 0.6) is 11.5 Å². The second kappa shape index (κ2) is 7.84. The molecule has 0 bridgehead atoms. The molecule has 23 heavy (non-hydrogen) atoms. The Morgan fingerprint density at radius 2 is 1.09 bits per heavy atom. The quantitative estimate of drug-likeness (QED) is 0.756. The third-order valence-corrected chi connectivity index (χ3v) is 6.98. The van der Waals surface area contributed by atoms with Crippen molar-refractivity contribution in [1.82, 2.24) is 0 Å². The van der Waals surface area contributed by atoms with Crippen molar-refractivity contribution in [1.29, 1.82) is 0 Å². The van der Waals surface area contributed by atoms with Gasteiger partial charge in [0.05, 0.1) is 0 Å². The Labute approximate surface area is 142 Å². The second-order valence-electron chi connectivity index (χ2n) is 5.44. The van der Waals surface area contributed by atoms with Crippen LogP contribution in [0.1, 0.15) is 0 Å². The van der Waals surface area contributed by atoms with E-state index in [-0.39, 0.29) is 24.6 Å². The first-order chi connectivity index (χ1) is 11.2. The van der Waals surface area contributed by atoms with Crippen molar-refractivity contribution in [3.63, 3.8) is 0 Å². The number of para-hydroxylation sites is 2. The Kier molecular flexibility index (Phi) is 5.57. The van der Waals surface area contributed by atoms with Crippen LogP contribution in [0.3, 0.4) is 0 Å². The van der Waals surface area contributed by atoms with E-state index in [1.165, 1.54) is 0 Å². The minimum absolute atomic E-state index is 0.0259. The molecule has 122 valence electrons. The van der Waals surface area contributed by atoms with Crippen molar-refractivity contribution in [2.24, 2.45) is 0 Å². The van der Waals surface area contributed by atoms with Crippen LogP contribution in [0.4, 0.5) is 0 Å². The molecule has 1 fully saturated rings. The zero-order chi connectivity index (χ0) is 16.1. The van der Waals surface area contributed by atoms with Crippen LogP contribution in [0.15, 0.2) is 60.7 Å². The maximum atomic E-state index is 10.2. The standard InChI is InChI=1S/C18H20O4Se/c19-17-15(11-21-13-7-3-1-4-8-13)23-16(18(17)20)12-22-14-9-5-2-6-10-14/h1-10,15-20H,11-12H2/t15-,16-,17+,18+/m0/s1. The summed E-state index contributed by atoms with van der Waals surface area (Å²) in [6.45, 7) is 0.841. The van der Waals surface area contributed by atoms with Crippen LogP contribution in [0.25, 0.3) is 0 Å². The second-order valence-corrected chi connectivity index (χ2v) is 8.55. The van der Waals surface area contributed by atoms with Crippen molar-refractivity contribution in [3.05, 3.63) is 60.7 Å². The number of hydrogen-bond donors (Lipinski definition) is 2. The summed E-state index contributed by atoms with van der Waals surface area (Å²) in [5.74, 6) is 1.57. The van der Waals surface area contributed by atoms with Crippen molar-refractivity contribution in [3.8, 4) is 11.5 Å². The summed E-state index contributed by atoms with van der Waals surface area (Å²) >= 11 is 0.0579. The van der Waals surface area contributed by atoms with Crippen LogP contribution in [-0.4, -0.2) is 50.6 Å². The van der Waals surface area contributed by atoms with Gasteiger partial charge in [0.1, 0.15) is 0 Å². The number of aliphatic hydroxyl groups is 2. The van der Waals surface area contributed by atoms with Gasteiger partial charge in [-0.05, 0) is 0 Å². The van der Waals surface area contributed by atoms with Gasteiger partial charge in [-0.25, -0.2) is 0 Å². The van der Waals surface area contributed by atoms with Gasteiger partial charge in [0.25, 0.3) is 0 Å². The summed E-state index contributed by atoms with van der Waals surface area (Å²) in [5.41, 5.74) is 0. The van der Waals surface area contributed by atoms with Gasteiger partial charge in [0, 0.05) is 0 Å². The van der Waals surface area contributed by atoms with E-state index in [2.05, 4.69) is 0 Å². The van der Waals surface area contributed by atoms with E-state index in [4.69, 9.17) is 9.47 Å². The number of hydrogen-bond acceptors (Lipinski definition) is 4. The Bertz CT molecular complexity index is 539. The van der Waals surface area contributed by atoms with E-state index in [0.717, 1.165) is 11.5 Å². The first-order valence-electron chi connectivity index (χ1n) is 7.61. The van der Waals surface area contributed by atoms with Crippen LogP contribution >= 0.6 is 0 Å². The molecule has 2 aromatic carbocycles. The van der Waals surface area contributed by atoms with Crippen LogP contribution < -0.4 is 9.47 Å². The van der Waals surface area contributed by atoms with Gasteiger partial charge in [-0.2, -0.15) is 0 Å². The summed E-state index contributed by atoms with van der Waals surface area (Å²) < 4.78 is 11.4. The summed E-state index contributed by atoms with van der Waals surface area (Å²) in [4.78, 5) is -0.0517. The first-order valence-corrected chi connectivity index (χ1v) is 9.59. The molecule has 0 aromatic heterocycles. The van der Waals surface area contributed by atoms with E-state index in [9.17, 15) is 10.2 Å². The molecule has 0 spiro atoms. The molecule has 0 saturated carbocycles. The van der Waals surface area contributed by atoms with E-state index in [1.807, 2.05) is 60.7 Å². The fraction of sp³-hybridized carbons (Fsp3) is 0.333. The molecule has 4 atom stereocenters. The average molecular weight is 379 g/mol. The Hall–Kier alpha value is -1.52. The number of rotatable bonds is 6. The molecule has 0 amide bonds. The normalized spacial score (nSPS) is 26.9. The summed E-state index contributed by atoms with van der Waals surface area (Å²) in [5, 5.41) is 20.5. The predicted octanol–water partition coefficient (Wildman–Crippen LogP) is 2.16. The fourth-order valence-corrected chi connectivity index (χ4v) is 5.40.